The highest BCUT2D eigenvalue weighted by Gasteiger charge is 2.02. The maximum atomic E-state index is 11.3. The molecular formula is C9H18N6O2. The number of rotatable bonds is 8. The molecule has 1 aromatic rings. The largest absolute Gasteiger partial charge is 0.383 e. The molecule has 96 valence electrons. The van der Waals surface area contributed by atoms with Crippen molar-refractivity contribution in [1.29, 1.82) is 0 Å². The average Bonchev–Trinajstić information content (AvgIpc) is 2.71. The molecule has 0 aromatic carbocycles. The molecule has 0 aliphatic rings. The van der Waals surface area contributed by atoms with Gasteiger partial charge in [-0.05, 0) is 5.21 Å². The standard InChI is InChI=1S/C9H18N6O2/c1-15-13-8(12-14-15)7-10-4-3-9(16)11-5-6-17-2/h10H,3-7H2,1-2H3,(H,11,16). The van der Waals surface area contributed by atoms with Crippen LogP contribution >= 0.6 is 0 Å². The lowest BCUT2D eigenvalue weighted by Gasteiger charge is -2.04. The van der Waals surface area contributed by atoms with E-state index in [9.17, 15) is 4.79 Å². The number of amides is 1. The molecule has 0 saturated carbocycles. The molecule has 0 radical (unpaired) electrons. The molecule has 17 heavy (non-hydrogen) atoms. The van der Waals surface area contributed by atoms with Crippen LogP contribution in [-0.2, 0) is 23.1 Å². The van der Waals surface area contributed by atoms with E-state index in [1.54, 1.807) is 14.2 Å². The lowest BCUT2D eigenvalue weighted by Crippen LogP contribution is -2.30. The molecular weight excluding hydrogens is 224 g/mol. The first-order chi connectivity index (χ1) is 8.22. The van der Waals surface area contributed by atoms with E-state index in [0.29, 0.717) is 38.5 Å². The summed E-state index contributed by atoms with van der Waals surface area (Å²) in [6.45, 7) is 2.17. The van der Waals surface area contributed by atoms with Gasteiger partial charge in [-0.2, -0.15) is 4.80 Å². The fraction of sp³-hybridized carbons (Fsp3) is 0.778. The van der Waals surface area contributed by atoms with Gasteiger partial charge in [0.1, 0.15) is 0 Å². The zero-order valence-corrected chi connectivity index (χ0v) is 10.1. The van der Waals surface area contributed by atoms with Gasteiger partial charge in [0.25, 0.3) is 0 Å². The molecule has 0 aliphatic carbocycles. The molecule has 1 rings (SSSR count). The van der Waals surface area contributed by atoms with Crippen molar-refractivity contribution in [2.24, 2.45) is 7.05 Å². The summed E-state index contributed by atoms with van der Waals surface area (Å²) in [7, 11) is 3.31. The van der Waals surface area contributed by atoms with Crippen LogP contribution in [0.1, 0.15) is 12.2 Å². The van der Waals surface area contributed by atoms with Gasteiger partial charge in [-0.25, -0.2) is 0 Å². The maximum absolute atomic E-state index is 11.3. The van der Waals surface area contributed by atoms with Crippen molar-refractivity contribution in [2.75, 3.05) is 26.8 Å². The van der Waals surface area contributed by atoms with E-state index in [2.05, 4.69) is 26.0 Å². The molecule has 0 bridgehead atoms. The van der Waals surface area contributed by atoms with Gasteiger partial charge in [-0.1, -0.05) is 0 Å². The highest BCUT2D eigenvalue weighted by atomic mass is 16.5. The van der Waals surface area contributed by atoms with Crippen molar-refractivity contribution in [3.05, 3.63) is 5.82 Å². The van der Waals surface area contributed by atoms with Gasteiger partial charge < -0.3 is 15.4 Å². The fourth-order valence-electron chi connectivity index (χ4n) is 1.18. The summed E-state index contributed by atoms with van der Waals surface area (Å²) >= 11 is 0. The van der Waals surface area contributed by atoms with Gasteiger partial charge >= 0.3 is 0 Å². The van der Waals surface area contributed by atoms with Crippen molar-refractivity contribution in [3.8, 4) is 0 Å². The Morgan fingerprint density at radius 1 is 1.47 bits per heavy atom. The smallest absolute Gasteiger partial charge is 0.221 e. The third-order valence-electron chi connectivity index (χ3n) is 1.99. The summed E-state index contributed by atoms with van der Waals surface area (Å²) in [4.78, 5) is 12.7. The first-order valence-electron chi connectivity index (χ1n) is 5.41. The van der Waals surface area contributed by atoms with Crippen LogP contribution in [0.25, 0.3) is 0 Å². The minimum absolute atomic E-state index is 0.00153. The number of nitrogens with zero attached hydrogens (tertiary/aromatic N) is 4. The highest BCUT2D eigenvalue weighted by Crippen LogP contribution is 1.84. The van der Waals surface area contributed by atoms with Crippen molar-refractivity contribution >= 4 is 5.91 Å². The maximum Gasteiger partial charge on any atom is 0.221 e. The van der Waals surface area contributed by atoms with E-state index in [4.69, 9.17) is 4.74 Å². The second-order valence-electron chi connectivity index (χ2n) is 3.46. The molecule has 1 aromatic heterocycles. The molecule has 2 N–H and O–H groups in total. The summed E-state index contributed by atoms with van der Waals surface area (Å²) in [5.41, 5.74) is 0. The van der Waals surface area contributed by atoms with E-state index in [1.165, 1.54) is 4.80 Å². The monoisotopic (exact) mass is 242 g/mol. The Hall–Kier alpha value is -1.54. The van der Waals surface area contributed by atoms with Crippen molar-refractivity contribution in [2.45, 2.75) is 13.0 Å². The van der Waals surface area contributed by atoms with Gasteiger partial charge in [0.15, 0.2) is 5.82 Å². The second kappa shape index (κ2) is 7.69. The third kappa shape index (κ3) is 5.93. The zero-order valence-electron chi connectivity index (χ0n) is 10.1. The SMILES string of the molecule is COCCNC(=O)CCNCc1nnn(C)n1. The molecule has 0 spiro atoms. The summed E-state index contributed by atoms with van der Waals surface area (Å²) in [5, 5.41) is 17.3. The molecule has 0 saturated heterocycles. The van der Waals surface area contributed by atoms with Gasteiger partial charge in [0, 0.05) is 26.6 Å². The Kier molecular flexibility index (Phi) is 6.12. The molecule has 0 aliphatic heterocycles. The van der Waals surface area contributed by atoms with Gasteiger partial charge in [-0.15, -0.1) is 10.2 Å². The van der Waals surface area contributed by atoms with Crippen molar-refractivity contribution in [1.82, 2.24) is 30.8 Å². The number of aromatic nitrogens is 4. The average molecular weight is 242 g/mol. The number of carbonyl (C=O) groups is 1. The number of carbonyl (C=O) groups excluding carboxylic acids is 1. The van der Waals surface area contributed by atoms with Crippen LogP contribution in [0.4, 0.5) is 0 Å². The van der Waals surface area contributed by atoms with E-state index in [1.807, 2.05) is 0 Å². The van der Waals surface area contributed by atoms with Crippen LogP contribution in [0.5, 0.6) is 0 Å². The second-order valence-corrected chi connectivity index (χ2v) is 3.46. The fourth-order valence-corrected chi connectivity index (χ4v) is 1.18. The van der Waals surface area contributed by atoms with Gasteiger partial charge in [0.2, 0.25) is 5.91 Å². The molecule has 0 unspecified atom stereocenters. The predicted molar refractivity (Wildman–Crippen MR) is 60.0 cm³/mol. The third-order valence-corrected chi connectivity index (χ3v) is 1.99. The zero-order chi connectivity index (χ0) is 12.5. The Balaban J connectivity index is 2.02. The number of tetrazole rings is 1. The molecule has 0 fully saturated rings. The molecule has 1 amide bonds. The normalized spacial score (nSPS) is 10.5. The van der Waals surface area contributed by atoms with E-state index in [-0.39, 0.29) is 5.91 Å². The predicted octanol–water partition coefficient (Wildman–Crippen LogP) is -1.55. The lowest BCUT2D eigenvalue weighted by molar-refractivity contribution is -0.121. The molecule has 0 atom stereocenters. The Morgan fingerprint density at radius 2 is 2.29 bits per heavy atom. The summed E-state index contributed by atoms with van der Waals surface area (Å²) in [6.07, 6.45) is 0.421. The van der Waals surface area contributed by atoms with Crippen LogP contribution in [0, 0.1) is 0 Å². The number of aryl methyl sites for hydroxylation is 1. The highest BCUT2D eigenvalue weighted by molar-refractivity contribution is 5.75. The van der Waals surface area contributed by atoms with E-state index in [0.717, 1.165) is 0 Å². The topological polar surface area (TPSA) is 94.0 Å². The van der Waals surface area contributed by atoms with Gasteiger partial charge in [0.05, 0.1) is 20.2 Å². The number of ether oxygens (including phenoxy) is 1. The molecule has 1 heterocycles. The summed E-state index contributed by atoms with van der Waals surface area (Å²) in [6, 6.07) is 0. The van der Waals surface area contributed by atoms with Crippen LogP contribution < -0.4 is 10.6 Å². The molecule has 8 nitrogen and oxygen atoms in total. The first kappa shape index (κ1) is 13.5. The van der Waals surface area contributed by atoms with E-state index >= 15 is 0 Å². The van der Waals surface area contributed by atoms with Crippen LogP contribution in [-0.4, -0.2) is 52.9 Å². The number of hydrogen-bond donors (Lipinski definition) is 2. The lowest BCUT2D eigenvalue weighted by atomic mass is 10.4. The Bertz CT molecular complexity index is 340. The number of hydrogen-bond acceptors (Lipinski definition) is 6. The van der Waals surface area contributed by atoms with Gasteiger partial charge in [-0.3, -0.25) is 4.79 Å². The van der Waals surface area contributed by atoms with Crippen LogP contribution in [0.15, 0.2) is 0 Å². The first-order valence-corrected chi connectivity index (χ1v) is 5.41. The Morgan fingerprint density at radius 3 is 2.94 bits per heavy atom. The number of methoxy groups -OCH3 is 1. The summed E-state index contributed by atoms with van der Waals surface area (Å²) in [5.74, 6) is 0.619. The van der Waals surface area contributed by atoms with Crippen molar-refractivity contribution < 1.29 is 9.53 Å². The quantitative estimate of drug-likeness (QED) is 0.536. The van der Waals surface area contributed by atoms with Crippen LogP contribution in [0.3, 0.4) is 0 Å². The molecule has 8 heteroatoms. The minimum Gasteiger partial charge on any atom is -0.383 e. The van der Waals surface area contributed by atoms with E-state index < -0.39 is 0 Å². The minimum atomic E-state index is 0.00153. The van der Waals surface area contributed by atoms with Crippen molar-refractivity contribution in [3.63, 3.8) is 0 Å². The van der Waals surface area contributed by atoms with Crippen LogP contribution in [0.2, 0.25) is 0 Å². The summed E-state index contributed by atoms with van der Waals surface area (Å²) < 4.78 is 4.82. The number of nitrogens with one attached hydrogen (secondary N) is 2. The Labute approximate surface area is 99.7 Å².